The predicted octanol–water partition coefficient (Wildman–Crippen LogP) is 0.989. The maximum Gasteiger partial charge on any atom is 0.257 e. The van der Waals surface area contributed by atoms with E-state index < -0.39 is 15.4 Å². The number of rotatable bonds is 5. The van der Waals surface area contributed by atoms with Crippen LogP contribution in [0.2, 0.25) is 0 Å². The van der Waals surface area contributed by atoms with Crippen molar-refractivity contribution in [3.05, 3.63) is 17.5 Å². The molecule has 170 valence electrons. The highest BCUT2D eigenvalue weighted by Gasteiger charge is 2.57. The summed E-state index contributed by atoms with van der Waals surface area (Å²) >= 11 is 0. The van der Waals surface area contributed by atoms with Gasteiger partial charge in [0, 0.05) is 31.9 Å². The summed E-state index contributed by atoms with van der Waals surface area (Å²) in [5.74, 6) is 1.22. The SMILES string of the molecule is COCc1nc(NC23CC4CC(CC(O)(C4)C2)C3)ncc1C(=O)N1CCS(=O)(=O)CC1. The van der Waals surface area contributed by atoms with Crippen LogP contribution in [0.5, 0.6) is 0 Å². The van der Waals surface area contributed by atoms with Crippen LogP contribution in [0.25, 0.3) is 0 Å². The fourth-order valence-corrected chi connectivity index (χ4v) is 7.79. The van der Waals surface area contributed by atoms with Gasteiger partial charge in [-0.3, -0.25) is 4.79 Å². The molecule has 0 spiro atoms. The van der Waals surface area contributed by atoms with Gasteiger partial charge in [0.25, 0.3) is 5.91 Å². The van der Waals surface area contributed by atoms with Crippen LogP contribution < -0.4 is 5.32 Å². The molecule has 4 bridgehead atoms. The van der Waals surface area contributed by atoms with Gasteiger partial charge in [-0.2, -0.15) is 0 Å². The first-order chi connectivity index (χ1) is 14.7. The van der Waals surface area contributed by atoms with Crippen molar-refractivity contribution in [3.8, 4) is 0 Å². The van der Waals surface area contributed by atoms with E-state index in [0.717, 1.165) is 25.7 Å². The molecule has 2 N–H and O–H groups in total. The van der Waals surface area contributed by atoms with E-state index >= 15 is 0 Å². The molecule has 31 heavy (non-hydrogen) atoms. The summed E-state index contributed by atoms with van der Waals surface area (Å²) in [5.41, 5.74) is 0.0464. The van der Waals surface area contributed by atoms with Crippen molar-refractivity contribution in [1.29, 1.82) is 0 Å². The molecule has 1 saturated heterocycles. The summed E-state index contributed by atoms with van der Waals surface area (Å²) in [6, 6.07) is 0. The Morgan fingerprint density at radius 1 is 1.26 bits per heavy atom. The van der Waals surface area contributed by atoms with Crippen LogP contribution in [-0.2, 0) is 21.2 Å². The lowest BCUT2D eigenvalue weighted by Crippen LogP contribution is -2.62. The predicted molar refractivity (Wildman–Crippen MR) is 113 cm³/mol. The van der Waals surface area contributed by atoms with Gasteiger partial charge in [0.05, 0.1) is 35.0 Å². The van der Waals surface area contributed by atoms with Crippen molar-refractivity contribution in [2.24, 2.45) is 11.8 Å². The second-order valence-electron chi connectivity index (χ2n) is 10.0. The zero-order valence-electron chi connectivity index (χ0n) is 17.8. The molecule has 2 unspecified atom stereocenters. The molecular weight excluding hydrogens is 420 g/mol. The van der Waals surface area contributed by atoms with Gasteiger partial charge < -0.3 is 20.1 Å². The van der Waals surface area contributed by atoms with Gasteiger partial charge >= 0.3 is 0 Å². The molecule has 5 fully saturated rings. The first-order valence-corrected chi connectivity index (χ1v) is 12.9. The number of sulfone groups is 1. The van der Waals surface area contributed by atoms with Crippen LogP contribution >= 0.6 is 0 Å². The van der Waals surface area contributed by atoms with Crippen LogP contribution in [0.15, 0.2) is 6.20 Å². The number of nitrogens with one attached hydrogen (secondary N) is 1. The quantitative estimate of drug-likeness (QED) is 0.681. The number of aliphatic hydroxyl groups is 1. The molecule has 4 saturated carbocycles. The molecule has 2 atom stereocenters. The van der Waals surface area contributed by atoms with Crippen molar-refractivity contribution in [1.82, 2.24) is 14.9 Å². The second kappa shape index (κ2) is 7.38. The number of nitrogens with zero attached hydrogens (tertiary/aromatic N) is 3. The number of carbonyl (C=O) groups is 1. The molecule has 1 aliphatic heterocycles. The van der Waals surface area contributed by atoms with Gasteiger partial charge in [0.1, 0.15) is 0 Å². The average molecular weight is 451 g/mol. The highest BCUT2D eigenvalue weighted by molar-refractivity contribution is 7.91. The van der Waals surface area contributed by atoms with E-state index in [9.17, 15) is 18.3 Å². The number of anilines is 1. The highest BCUT2D eigenvalue weighted by atomic mass is 32.2. The van der Waals surface area contributed by atoms with E-state index in [-0.39, 0.29) is 42.6 Å². The standard InChI is InChI=1S/C21H30N4O5S/c1-30-12-17-16(18(26)25-2-4-31(28,29)5-3-25)11-22-19(23-17)24-20-7-14-6-15(8-20)10-21(27,9-14)13-20/h11,14-15,27H,2-10,12-13H2,1H3,(H,22,23,24). The number of carbonyl (C=O) groups excluding carboxylic acids is 1. The van der Waals surface area contributed by atoms with E-state index in [1.807, 2.05) is 0 Å². The summed E-state index contributed by atoms with van der Waals surface area (Å²) in [7, 11) is -1.52. The Hall–Kier alpha value is -1.78. The molecule has 1 aromatic rings. The number of methoxy groups -OCH3 is 1. The zero-order chi connectivity index (χ0) is 21.9. The topological polar surface area (TPSA) is 122 Å². The van der Waals surface area contributed by atoms with Crippen molar-refractivity contribution in [2.45, 2.75) is 56.3 Å². The Labute approximate surface area is 182 Å². The molecule has 1 aromatic heterocycles. The van der Waals surface area contributed by atoms with Crippen LogP contribution in [-0.4, -0.2) is 77.1 Å². The van der Waals surface area contributed by atoms with E-state index in [1.54, 1.807) is 12.0 Å². The number of amides is 1. The molecule has 10 heteroatoms. The molecule has 9 nitrogen and oxygen atoms in total. The van der Waals surface area contributed by atoms with Gasteiger partial charge in [-0.25, -0.2) is 18.4 Å². The Morgan fingerprint density at radius 3 is 2.55 bits per heavy atom. The fourth-order valence-electron chi connectivity index (χ4n) is 6.59. The third-order valence-corrected chi connectivity index (χ3v) is 9.03. The molecule has 1 amide bonds. The third kappa shape index (κ3) is 4.05. The minimum absolute atomic E-state index is 0.0212. The second-order valence-corrected chi connectivity index (χ2v) is 12.3. The lowest BCUT2D eigenvalue weighted by molar-refractivity contribution is -0.127. The summed E-state index contributed by atoms with van der Waals surface area (Å²) in [6.45, 7) is 0.517. The summed E-state index contributed by atoms with van der Waals surface area (Å²) < 4.78 is 28.6. The first kappa shape index (κ1) is 21.1. The van der Waals surface area contributed by atoms with E-state index in [2.05, 4.69) is 15.3 Å². The highest BCUT2D eigenvalue weighted by Crippen LogP contribution is 2.58. The Kier molecular flexibility index (Phi) is 5.02. The van der Waals surface area contributed by atoms with E-state index in [4.69, 9.17) is 4.74 Å². The summed E-state index contributed by atoms with van der Waals surface area (Å²) in [5, 5.41) is 14.5. The summed E-state index contributed by atoms with van der Waals surface area (Å²) in [4.78, 5) is 23.6. The monoisotopic (exact) mass is 450 g/mol. The number of ether oxygens (including phenoxy) is 1. The normalized spacial score (nSPS) is 35.9. The maximum absolute atomic E-state index is 13.0. The molecule has 5 aliphatic rings. The molecule has 6 rings (SSSR count). The van der Waals surface area contributed by atoms with E-state index in [0.29, 0.717) is 35.5 Å². The fraction of sp³-hybridized carbons (Fsp3) is 0.762. The lowest BCUT2D eigenvalue weighted by atomic mass is 9.51. The maximum atomic E-state index is 13.0. The Bertz CT molecular complexity index is 969. The number of hydrogen-bond acceptors (Lipinski definition) is 8. The van der Waals surface area contributed by atoms with Crippen LogP contribution in [0.4, 0.5) is 5.95 Å². The van der Waals surface area contributed by atoms with Crippen molar-refractivity contribution < 1.29 is 23.1 Å². The Morgan fingerprint density at radius 2 is 1.94 bits per heavy atom. The van der Waals surface area contributed by atoms with Gasteiger partial charge in [-0.1, -0.05) is 0 Å². The largest absolute Gasteiger partial charge is 0.390 e. The van der Waals surface area contributed by atoms with Crippen LogP contribution in [0.1, 0.15) is 54.6 Å². The lowest BCUT2D eigenvalue weighted by Gasteiger charge is -2.60. The average Bonchev–Trinajstić information content (AvgIpc) is 2.66. The molecular formula is C21H30N4O5S. The van der Waals surface area contributed by atoms with E-state index in [1.165, 1.54) is 12.6 Å². The smallest absolute Gasteiger partial charge is 0.257 e. The van der Waals surface area contributed by atoms with Crippen molar-refractivity contribution >= 4 is 21.7 Å². The zero-order valence-corrected chi connectivity index (χ0v) is 18.7. The van der Waals surface area contributed by atoms with Gasteiger partial charge in [0.2, 0.25) is 5.95 Å². The first-order valence-electron chi connectivity index (χ1n) is 11.0. The molecule has 0 aromatic carbocycles. The van der Waals surface area contributed by atoms with Crippen LogP contribution in [0.3, 0.4) is 0 Å². The molecule has 2 heterocycles. The third-order valence-electron chi connectivity index (χ3n) is 7.42. The number of aromatic nitrogens is 2. The van der Waals surface area contributed by atoms with Gasteiger partial charge in [-0.05, 0) is 50.4 Å². The minimum Gasteiger partial charge on any atom is -0.390 e. The minimum atomic E-state index is -3.07. The number of hydrogen-bond donors (Lipinski definition) is 2. The van der Waals surface area contributed by atoms with Gasteiger partial charge in [0.15, 0.2) is 9.84 Å². The molecule has 0 radical (unpaired) electrons. The van der Waals surface area contributed by atoms with Crippen molar-refractivity contribution in [2.75, 3.05) is 37.0 Å². The Balaban J connectivity index is 1.37. The molecule has 4 aliphatic carbocycles. The van der Waals surface area contributed by atoms with Gasteiger partial charge in [-0.15, -0.1) is 0 Å². The van der Waals surface area contributed by atoms with Crippen LogP contribution in [0, 0.1) is 11.8 Å². The van der Waals surface area contributed by atoms with Crippen molar-refractivity contribution in [3.63, 3.8) is 0 Å². The summed E-state index contributed by atoms with van der Waals surface area (Å²) in [6.07, 6.45) is 7.22.